The number of piperidine rings is 1. The molecule has 0 radical (unpaired) electrons. The number of halogens is 1. The number of nitrogens with two attached hydrogens (primary N) is 1. The molecule has 1 aliphatic heterocycles. The van der Waals surface area contributed by atoms with Gasteiger partial charge in [-0.25, -0.2) is 0 Å². The number of hydrogen-bond acceptors (Lipinski definition) is 2. The lowest BCUT2D eigenvalue weighted by atomic mass is 9.78. The van der Waals surface area contributed by atoms with Crippen LogP contribution in [0.1, 0.15) is 25.8 Å². The Labute approximate surface area is 113 Å². The highest BCUT2D eigenvalue weighted by Gasteiger charge is 2.42. The van der Waals surface area contributed by atoms with E-state index in [0.717, 1.165) is 17.7 Å². The van der Waals surface area contributed by atoms with Crippen molar-refractivity contribution < 1.29 is 4.79 Å². The summed E-state index contributed by atoms with van der Waals surface area (Å²) in [6.07, 6.45) is 0.810. The maximum Gasteiger partial charge on any atom is 0.234 e. The first-order valence-electron chi connectivity index (χ1n) is 6.17. The van der Waals surface area contributed by atoms with Gasteiger partial charge in [0.15, 0.2) is 0 Å². The summed E-state index contributed by atoms with van der Waals surface area (Å²) in [6, 6.07) is 5.64. The van der Waals surface area contributed by atoms with Gasteiger partial charge in [0.2, 0.25) is 5.91 Å². The summed E-state index contributed by atoms with van der Waals surface area (Å²) in [4.78, 5) is 14.2. The highest BCUT2D eigenvalue weighted by molar-refractivity contribution is 6.31. The van der Waals surface area contributed by atoms with E-state index in [0.29, 0.717) is 11.6 Å². The highest BCUT2D eigenvalue weighted by Crippen LogP contribution is 2.33. The molecule has 18 heavy (non-hydrogen) atoms. The van der Waals surface area contributed by atoms with Crippen LogP contribution in [-0.4, -0.2) is 18.5 Å². The molecule has 1 unspecified atom stereocenters. The molecule has 0 aromatic heterocycles. The molecule has 1 heterocycles. The molecule has 0 spiro atoms. The zero-order valence-electron chi connectivity index (χ0n) is 11.0. The number of rotatable bonds is 1. The fourth-order valence-corrected chi connectivity index (χ4v) is 2.41. The van der Waals surface area contributed by atoms with Crippen LogP contribution in [0.15, 0.2) is 18.2 Å². The first-order valence-corrected chi connectivity index (χ1v) is 6.55. The van der Waals surface area contributed by atoms with Crippen LogP contribution in [-0.2, 0) is 4.79 Å². The number of aryl methyl sites for hydroxylation is 1. The minimum absolute atomic E-state index is 0.0705. The predicted molar refractivity (Wildman–Crippen MR) is 74.9 cm³/mol. The third kappa shape index (κ3) is 2.13. The second kappa shape index (κ2) is 4.56. The number of carbonyl (C=O) groups excluding carboxylic acids is 1. The summed E-state index contributed by atoms with van der Waals surface area (Å²) in [5, 5.41) is 0.688. The molecular weight excluding hydrogens is 248 g/mol. The quantitative estimate of drug-likeness (QED) is 0.850. The number of hydrogen-bond donors (Lipinski definition) is 1. The van der Waals surface area contributed by atoms with Crippen LogP contribution >= 0.6 is 11.6 Å². The summed E-state index contributed by atoms with van der Waals surface area (Å²) in [5.74, 6) is 0.0705. The topological polar surface area (TPSA) is 46.3 Å². The summed E-state index contributed by atoms with van der Waals surface area (Å²) < 4.78 is 0. The molecule has 1 aromatic carbocycles. The molecule has 1 aliphatic rings. The van der Waals surface area contributed by atoms with Crippen molar-refractivity contribution in [1.29, 1.82) is 0 Å². The van der Waals surface area contributed by atoms with Gasteiger partial charge in [-0.1, -0.05) is 17.7 Å². The molecule has 3 nitrogen and oxygen atoms in total. The fraction of sp³-hybridized carbons (Fsp3) is 0.500. The second-order valence-corrected chi connectivity index (χ2v) is 5.91. The summed E-state index contributed by atoms with van der Waals surface area (Å²) in [6.45, 7) is 6.41. The molecular formula is C14H19ClN2O. The lowest BCUT2D eigenvalue weighted by molar-refractivity contribution is -0.129. The molecule has 2 rings (SSSR count). The molecule has 2 N–H and O–H groups in total. The van der Waals surface area contributed by atoms with E-state index in [4.69, 9.17) is 17.3 Å². The molecule has 0 bridgehead atoms. The zero-order chi connectivity index (χ0) is 13.5. The van der Waals surface area contributed by atoms with Crippen LogP contribution in [0.5, 0.6) is 0 Å². The van der Waals surface area contributed by atoms with Crippen molar-refractivity contribution in [2.45, 2.75) is 33.2 Å². The molecule has 1 aromatic rings. The number of anilines is 1. The van der Waals surface area contributed by atoms with Crippen LogP contribution in [0, 0.1) is 12.3 Å². The van der Waals surface area contributed by atoms with Gasteiger partial charge in [-0.05, 0) is 44.9 Å². The Balaban J connectivity index is 2.34. The molecule has 98 valence electrons. The van der Waals surface area contributed by atoms with Crippen LogP contribution in [0.3, 0.4) is 0 Å². The average Bonchev–Trinajstić information content (AvgIpc) is 2.31. The van der Waals surface area contributed by atoms with E-state index in [1.54, 1.807) is 4.90 Å². The molecule has 0 aliphatic carbocycles. The van der Waals surface area contributed by atoms with Gasteiger partial charge in [-0.15, -0.1) is 0 Å². The van der Waals surface area contributed by atoms with Gasteiger partial charge in [-0.2, -0.15) is 0 Å². The Morgan fingerprint density at radius 2 is 2.11 bits per heavy atom. The molecule has 1 saturated heterocycles. The Bertz CT molecular complexity index is 485. The van der Waals surface area contributed by atoms with Gasteiger partial charge in [0, 0.05) is 23.3 Å². The van der Waals surface area contributed by atoms with Crippen molar-refractivity contribution in [2.24, 2.45) is 11.1 Å². The maximum atomic E-state index is 12.5. The van der Waals surface area contributed by atoms with Gasteiger partial charge >= 0.3 is 0 Å². The third-order valence-electron chi connectivity index (χ3n) is 3.85. The van der Waals surface area contributed by atoms with Crippen molar-refractivity contribution in [3.63, 3.8) is 0 Å². The molecule has 1 amide bonds. The van der Waals surface area contributed by atoms with Gasteiger partial charge in [-0.3, -0.25) is 4.79 Å². The van der Waals surface area contributed by atoms with E-state index in [1.807, 2.05) is 39.0 Å². The lowest BCUT2D eigenvalue weighted by Gasteiger charge is -2.41. The SMILES string of the molecule is Cc1ccc(N2CCC(N)C(C)(C)C2=O)cc1Cl. The van der Waals surface area contributed by atoms with Crippen LogP contribution < -0.4 is 10.6 Å². The maximum absolute atomic E-state index is 12.5. The van der Waals surface area contributed by atoms with Crippen LogP contribution in [0.25, 0.3) is 0 Å². The van der Waals surface area contributed by atoms with Crippen LogP contribution in [0.2, 0.25) is 5.02 Å². The molecule has 1 atom stereocenters. The summed E-state index contributed by atoms with van der Waals surface area (Å²) >= 11 is 6.12. The third-order valence-corrected chi connectivity index (χ3v) is 4.26. The number of nitrogens with zero attached hydrogens (tertiary/aromatic N) is 1. The van der Waals surface area contributed by atoms with Crippen LogP contribution in [0.4, 0.5) is 5.69 Å². The monoisotopic (exact) mass is 266 g/mol. The lowest BCUT2D eigenvalue weighted by Crippen LogP contribution is -2.56. The first kappa shape index (κ1) is 13.4. The van der Waals surface area contributed by atoms with Crippen molar-refractivity contribution in [3.05, 3.63) is 28.8 Å². The predicted octanol–water partition coefficient (Wildman–Crippen LogP) is 2.74. The molecule has 0 saturated carbocycles. The second-order valence-electron chi connectivity index (χ2n) is 5.51. The number of amides is 1. The standard InChI is InChI=1S/C14H19ClN2O/c1-9-4-5-10(8-11(9)15)17-7-6-12(16)14(2,3)13(17)18/h4-5,8,12H,6-7,16H2,1-3H3. The van der Waals surface area contributed by atoms with E-state index in [9.17, 15) is 4.79 Å². The van der Waals surface area contributed by atoms with E-state index < -0.39 is 5.41 Å². The largest absolute Gasteiger partial charge is 0.327 e. The van der Waals surface area contributed by atoms with Gasteiger partial charge in [0.25, 0.3) is 0 Å². The smallest absolute Gasteiger partial charge is 0.234 e. The fourth-order valence-electron chi connectivity index (χ4n) is 2.23. The zero-order valence-corrected chi connectivity index (χ0v) is 11.8. The van der Waals surface area contributed by atoms with Gasteiger partial charge in [0.1, 0.15) is 0 Å². The van der Waals surface area contributed by atoms with Crippen molar-refractivity contribution in [2.75, 3.05) is 11.4 Å². The number of carbonyl (C=O) groups is 1. The van der Waals surface area contributed by atoms with Gasteiger partial charge < -0.3 is 10.6 Å². The highest BCUT2D eigenvalue weighted by atomic mass is 35.5. The van der Waals surface area contributed by atoms with Gasteiger partial charge in [0.05, 0.1) is 5.41 Å². The summed E-state index contributed by atoms with van der Waals surface area (Å²) in [7, 11) is 0. The summed E-state index contributed by atoms with van der Waals surface area (Å²) in [5.41, 5.74) is 7.38. The average molecular weight is 267 g/mol. The minimum atomic E-state index is -0.518. The Morgan fingerprint density at radius 3 is 2.72 bits per heavy atom. The Morgan fingerprint density at radius 1 is 1.44 bits per heavy atom. The van der Waals surface area contributed by atoms with E-state index in [-0.39, 0.29) is 11.9 Å². The van der Waals surface area contributed by atoms with E-state index in [1.165, 1.54) is 0 Å². The van der Waals surface area contributed by atoms with Crippen molar-refractivity contribution in [1.82, 2.24) is 0 Å². The Kier molecular flexibility index (Phi) is 3.39. The van der Waals surface area contributed by atoms with E-state index in [2.05, 4.69) is 0 Å². The van der Waals surface area contributed by atoms with E-state index >= 15 is 0 Å². The number of benzene rings is 1. The minimum Gasteiger partial charge on any atom is -0.327 e. The van der Waals surface area contributed by atoms with Crippen molar-refractivity contribution in [3.8, 4) is 0 Å². The Hall–Kier alpha value is -1.06. The van der Waals surface area contributed by atoms with Crippen molar-refractivity contribution >= 4 is 23.2 Å². The molecule has 1 fully saturated rings. The normalized spacial score (nSPS) is 23.3. The molecule has 4 heteroatoms. The first-order chi connectivity index (χ1) is 8.34.